The van der Waals surface area contributed by atoms with Gasteiger partial charge >= 0.3 is 0 Å². The number of ether oxygens (including phenoxy) is 1. The summed E-state index contributed by atoms with van der Waals surface area (Å²) in [7, 11) is 1.94. The van der Waals surface area contributed by atoms with Crippen molar-refractivity contribution in [2.45, 2.75) is 19.6 Å². The maximum absolute atomic E-state index is 9.71. The largest absolute Gasteiger partial charge is 0.389 e. The molecule has 0 aliphatic heterocycles. The lowest BCUT2D eigenvalue weighted by atomic mass is 10.1. The van der Waals surface area contributed by atoms with Crippen molar-refractivity contribution in [2.75, 3.05) is 26.8 Å². The molecular weight excluding hydrogens is 228 g/mol. The molecule has 0 aromatic heterocycles. The van der Waals surface area contributed by atoms with E-state index in [9.17, 15) is 5.11 Å². The number of nitrogens with zero attached hydrogens (tertiary/aromatic N) is 2. The molecule has 0 saturated heterocycles. The van der Waals surface area contributed by atoms with E-state index in [0.717, 1.165) is 5.56 Å². The number of aliphatic hydroxyl groups is 1. The fraction of sp³-hybridized carbons (Fsp3) is 0.500. The molecule has 1 aromatic rings. The third-order valence-corrected chi connectivity index (χ3v) is 2.55. The molecule has 0 aliphatic rings. The van der Waals surface area contributed by atoms with Crippen molar-refractivity contribution < 1.29 is 9.84 Å². The zero-order valence-corrected chi connectivity index (χ0v) is 11.0. The van der Waals surface area contributed by atoms with Crippen molar-refractivity contribution in [2.24, 2.45) is 0 Å². The second kappa shape index (κ2) is 7.83. The Bertz CT molecular complexity index is 401. The Morgan fingerprint density at radius 3 is 2.94 bits per heavy atom. The average molecular weight is 248 g/mol. The molecule has 1 N–H and O–H groups in total. The molecule has 0 fully saturated rings. The van der Waals surface area contributed by atoms with Crippen molar-refractivity contribution in [3.63, 3.8) is 0 Å². The van der Waals surface area contributed by atoms with Gasteiger partial charge in [-0.25, -0.2) is 0 Å². The van der Waals surface area contributed by atoms with Crippen LogP contribution in [0.4, 0.5) is 0 Å². The first-order valence-electron chi connectivity index (χ1n) is 6.09. The van der Waals surface area contributed by atoms with Gasteiger partial charge in [0.25, 0.3) is 0 Å². The van der Waals surface area contributed by atoms with E-state index >= 15 is 0 Å². The number of hydrogen-bond acceptors (Lipinski definition) is 4. The van der Waals surface area contributed by atoms with Gasteiger partial charge in [-0.3, -0.25) is 4.90 Å². The van der Waals surface area contributed by atoms with E-state index < -0.39 is 6.10 Å². The SMILES string of the molecule is CCOCC(O)CN(C)Cc1cccc(C#N)c1. The monoisotopic (exact) mass is 248 g/mol. The van der Waals surface area contributed by atoms with E-state index in [0.29, 0.717) is 31.9 Å². The van der Waals surface area contributed by atoms with Crippen LogP contribution in [0.15, 0.2) is 24.3 Å². The molecule has 0 spiro atoms. The summed E-state index contributed by atoms with van der Waals surface area (Å²) >= 11 is 0. The van der Waals surface area contributed by atoms with E-state index in [4.69, 9.17) is 10.00 Å². The molecule has 0 radical (unpaired) electrons. The van der Waals surface area contributed by atoms with E-state index in [-0.39, 0.29) is 0 Å². The summed E-state index contributed by atoms with van der Waals surface area (Å²) in [6, 6.07) is 9.62. The van der Waals surface area contributed by atoms with Crippen LogP contribution in [0.3, 0.4) is 0 Å². The van der Waals surface area contributed by atoms with Gasteiger partial charge < -0.3 is 9.84 Å². The highest BCUT2D eigenvalue weighted by molar-refractivity contribution is 5.32. The Labute approximate surface area is 108 Å². The fourth-order valence-electron chi connectivity index (χ4n) is 1.78. The van der Waals surface area contributed by atoms with Gasteiger partial charge in [-0.2, -0.15) is 5.26 Å². The first-order chi connectivity index (χ1) is 8.65. The molecule has 4 nitrogen and oxygen atoms in total. The average Bonchev–Trinajstić information content (AvgIpc) is 2.36. The van der Waals surface area contributed by atoms with Crippen LogP contribution in [0.2, 0.25) is 0 Å². The first-order valence-corrected chi connectivity index (χ1v) is 6.09. The lowest BCUT2D eigenvalue weighted by Crippen LogP contribution is -2.31. The number of hydrogen-bond donors (Lipinski definition) is 1. The maximum Gasteiger partial charge on any atom is 0.0991 e. The van der Waals surface area contributed by atoms with Crippen LogP contribution in [0.1, 0.15) is 18.1 Å². The second-order valence-electron chi connectivity index (χ2n) is 4.32. The lowest BCUT2D eigenvalue weighted by molar-refractivity contribution is 0.0244. The number of likely N-dealkylation sites (N-methyl/N-ethyl adjacent to an activating group) is 1. The minimum atomic E-state index is -0.478. The van der Waals surface area contributed by atoms with Gasteiger partial charge in [0.15, 0.2) is 0 Å². The molecule has 1 unspecified atom stereocenters. The first kappa shape index (κ1) is 14.7. The molecule has 1 aromatic carbocycles. The summed E-state index contributed by atoms with van der Waals surface area (Å²) in [5.74, 6) is 0. The highest BCUT2D eigenvalue weighted by Gasteiger charge is 2.08. The topological polar surface area (TPSA) is 56.5 Å². The molecule has 1 atom stereocenters. The Morgan fingerprint density at radius 2 is 2.28 bits per heavy atom. The van der Waals surface area contributed by atoms with Crippen LogP contribution < -0.4 is 0 Å². The van der Waals surface area contributed by atoms with Crippen LogP contribution in [0, 0.1) is 11.3 Å². The second-order valence-corrected chi connectivity index (χ2v) is 4.32. The summed E-state index contributed by atoms with van der Waals surface area (Å²) in [4.78, 5) is 2.01. The fourth-order valence-corrected chi connectivity index (χ4v) is 1.78. The van der Waals surface area contributed by atoms with Gasteiger partial charge in [0, 0.05) is 19.7 Å². The third-order valence-electron chi connectivity index (χ3n) is 2.55. The quantitative estimate of drug-likeness (QED) is 0.792. The van der Waals surface area contributed by atoms with Crippen molar-refractivity contribution in [3.8, 4) is 6.07 Å². The van der Waals surface area contributed by atoms with Crippen LogP contribution in [-0.2, 0) is 11.3 Å². The predicted octanol–water partition coefficient (Wildman–Crippen LogP) is 1.39. The maximum atomic E-state index is 9.71. The minimum Gasteiger partial charge on any atom is -0.389 e. The van der Waals surface area contributed by atoms with Gasteiger partial charge in [0.2, 0.25) is 0 Å². The van der Waals surface area contributed by atoms with Crippen molar-refractivity contribution in [1.29, 1.82) is 5.26 Å². The lowest BCUT2D eigenvalue weighted by Gasteiger charge is -2.20. The number of rotatable bonds is 7. The molecule has 18 heavy (non-hydrogen) atoms. The Kier molecular flexibility index (Phi) is 6.37. The molecule has 0 aliphatic carbocycles. The van der Waals surface area contributed by atoms with E-state index in [1.165, 1.54) is 0 Å². The summed E-state index contributed by atoms with van der Waals surface area (Å²) in [6.07, 6.45) is -0.478. The number of benzene rings is 1. The molecular formula is C14H20N2O2. The minimum absolute atomic E-state index is 0.360. The zero-order valence-electron chi connectivity index (χ0n) is 11.0. The molecule has 0 heterocycles. The van der Waals surface area contributed by atoms with Crippen LogP contribution in [0.5, 0.6) is 0 Å². The summed E-state index contributed by atoms with van der Waals surface area (Å²) in [5.41, 5.74) is 1.73. The molecule has 1 rings (SSSR count). The van der Waals surface area contributed by atoms with Gasteiger partial charge in [-0.15, -0.1) is 0 Å². The smallest absolute Gasteiger partial charge is 0.0991 e. The standard InChI is InChI=1S/C14H20N2O2/c1-3-18-11-14(17)10-16(2)9-13-6-4-5-12(7-13)8-15/h4-7,14,17H,3,9-11H2,1-2H3. The van der Waals surface area contributed by atoms with Crippen molar-refractivity contribution in [1.82, 2.24) is 4.90 Å². The highest BCUT2D eigenvalue weighted by Crippen LogP contribution is 2.07. The third kappa shape index (κ3) is 5.28. The molecule has 98 valence electrons. The summed E-state index contributed by atoms with van der Waals surface area (Å²) in [5, 5.41) is 18.5. The van der Waals surface area contributed by atoms with Crippen LogP contribution in [0.25, 0.3) is 0 Å². The molecule has 4 heteroatoms. The summed E-state index contributed by atoms with van der Waals surface area (Å²) < 4.78 is 5.16. The summed E-state index contributed by atoms with van der Waals surface area (Å²) in [6.45, 7) is 4.14. The van der Waals surface area contributed by atoms with E-state index in [2.05, 4.69) is 6.07 Å². The van der Waals surface area contributed by atoms with Gasteiger partial charge in [-0.1, -0.05) is 12.1 Å². The Balaban J connectivity index is 2.44. The zero-order chi connectivity index (χ0) is 13.4. The molecule has 0 bridgehead atoms. The van der Waals surface area contributed by atoms with Gasteiger partial charge in [-0.05, 0) is 31.7 Å². The van der Waals surface area contributed by atoms with E-state index in [1.807, 2.05) is 37.1 Å². The van der Waals surface area contributed by atoms with Crippen molar-refractivity contribution in [3.05, 3.63) is 35.4 Å². The Morgan fingerprint density at radius 1 is 1.50 bits per heavy atom. The van der Waals surface area contributed by atoms with Gasteiger partial charge in [0.1, 0.15) is 0 Å². The predicted molar refractivity (Wildman–Crippen MR) is 70.0 cm³/mol. The normalized spacial score (nSPS) is 12.4. The van der Waals surface area contributed by atoms with Gasteiger partial charge in [0.05, 0.1) is 24.3 Å². The highest BCUT2D eigenvalue weighted by atomic mass is 16.5. The van der Waals surface area contributed by atoms with Crippen molar-refractivity contribution >= 4 is 0 Å². The van der Waals surface area contributed by atoms with Crippen LogP contribution in [-0.4, -0.2) is 42.9 Å². The molecule has 0 amide bonds. The van der Waals surface area contributed by atoms with Crippen LogP contribution >= 0.6 is 0 Å². The number of nitriles is 1. The Hall–Kier alpha value is -1.41. The number of aliphatic hydroxyl groups excluding tert-OH is 1. The van der Waals surface area contributed by atoms with E-state index in [1.54, 1.807) is 6.07 Å². The molecule has 0 saturated carbocycles.